The summed E-state index contributed by atoms with van der Waals surface area (Å²) in [6.07, 6.45) is 0. The quantitative estimate of drug-likeness (QED) is 0.720. The minimum atomic E-state index is 0.00287. The Morgan fingerprint density at radius 2 is 2.25 bits per heavy atom. The molecule has 1 N–H and O–H groups in total. The summed E-state index contributed by atoms with van der Waals surface area (Å²) in [5.74, 6) is 0.678. The lowest BCUT2D eigenvalue weighted by molar-refractivity contribution is 0.364. The number of aryl methyl sites for hydroxylation is 1. The molecule has 3 heteroatoms. The van der Waals surface area contributed by atoms with E-state index in [2.05, 4.69) is 0 Å². The maximum atomic E-state index is 9.13. The first kappa shape index (κ1) is 8.41. The van der Waals surface area contributed by atoms with Crippen LogP contribution in [0.25, 0.3) is 0 Å². The van der Waals surface area contributed by atoms with Gasteiger partial charge in [-0.2, -0.15) is 5.26 Å². The SMILES string of the molecule is Cc1cc(O)cc(OCC#N)c1. The predicted molar refractivity (Wildman–Crippen MR) is 44.0 cm³/mol. The highest BCUT2D eigenvalue weighted by molar-refractivity contribution is 5.36. The van der Waals surface area contributed by atoms with E-state index in [0.717, 1.165) is 5.56 Å². The molecular weight excluding hydrogens is 154 g/mol. The maximum absolute atomic E-state index is 9.13. The molecule has 0 spiro atoms. The average molecular weight is 163 g/mol. The van der Waals surface area contributed by atoms with Crippen LogP contribution in [0.15, 0.2) is 18.2 Å². The summed E-state index contributed by atoms with van der Waals surface area (Å²) < 4.78 is 5.00. The first-order valence-corrected chi connectivity index (χ1v) is 3.53. The van der Waals surface area contributed by atoms with Gasteiger partial charge >= 0.3 is 0 Å². The van der Waals surface area contributed by atoms with Crippen LogP contribution in [0.1, 0.15) is 5.56 Å². The average Bonchev–Trinajstić information content (AvgIpc) is 1.99. The van der Waals surface area contributed by atoms with Gasteiger partial charge in [0.2, 0.25) is 0 Å². The largest absolute Gasteiger partial charge is 0.508 e. The maximum Gasteiger partial charge on any atom is 0.174 e. The lowest BCUT2D eigenvalue weighted by atomic mass is 10.2. The van der Waals surface area contributed by atoms with Crippen LogP contribution < -0.4 is 4.74 Å². The molecule has 0 saturated carbocycles. The van der Waals surface area contributed by atoms with E-state index in [9.17, 15) is 0 Å². The van der Waals surface area contributed by atoms with Gasteiger partial charge in [-0.25, -0.2) is 0 Å². The standard InChI is InChI=1S/C9H9NO2/c1-7-4-8(11)6-9(5-7)12-3-2-10/h4-6,11H,3H2,1H3. The van der Waals surface area contributed by atoms with Crippen molar-refractivity contribution in [3.8, 4) is 17.6 Å². The van der Waals surface area contributed by atoms with Crippen molar-refractivity contribution >= 4 is 0 Å². The van der Waals surface area contributed by atoms with Crippen molar-refractivity contribution in [2.24, 2.45) is 0 Å². The van der Waals surface area contributed by atoms with Crippen LogP contribution in [0.5, 0.6) is 11.5 Å². The van der Waals surface area contributed by atoms with Gasteiger partial charge in [-0.3, -0.25) is 0 Å². The molecule has 0 radical (unpaired) electrons. The molecule has 0 aliphatic carbocycles. The number of hydrogen-bond donors (Lipinski definition) is 1. The molecule has 0 aliphatic rings. The highest BCUT2D eigenvalue weighted by Gasteiger charge is 1.96. The van der Waals surface area contributed by atoms with Crippen molar-refractivity contribution in [2.45, 2.75) is 6.92 Å². The van der Waals surface area contributed by atoms with Gasteiger partial charge in [0, 0.05) is 6.07 Å². The molecule has 62 valence electrons. The summed E-state index contributed by atoms with van der Waals surface area (Å²) in [4.78, 5) is 0. The van der Waals surface area contributed by atoms with Crippen LogP contribution in [0.4, 0.5) is 0 Å². The van der Waals surface area contributed by atoms with Crippen LogP contribution in [0, 0.1) is 18.3 Å². The van der Waals surface area contributed by atoms with E-state index in [1.54, 1.807) is 12.1 Å². The second kappa shape index (κ2) is 3.63. The summed E-state index contributed by atoms with van der Waals surface area (Å²) in [5.41, 5.74) is 0.905. The number of benzene rings is 1. The van der Waals surface area contributed by atoms with Gasteiger partial charge in [0.1, 0.15) is 17.6 Å². The third-order valence-corrected chi connectivity index (χ3v) is 1.34. The van der Waals surface area contributed by atoms with Crippen molar-refractivity contribution in [1.29, 1.82) is 5.26 Å². The molecule has 0 saturated heterocycles. The molecule has 3 nitrogen and oxygen atoms in total. The highest BCUT2D eigenvalue weighted by Crippen LogP contribution is 2.20. The second-order valence-corrected chi connectivity index (χ2v) is 2.45. The zero-order valence-corrected chi connectivity index (χ0v) is 6.74. The fourth-order valence-corrected chi connectivity index (χ4v) is 0.927. The van der Waals surface area contributed by atoms with Crippen LogP contribution in [0.3, 0.4) is 0 Å². The molecule has 0 fully saturated rings. The molecule has 1 aromatic carbocycles. The van der Waals surface area contributed by atoms with E-state index in [1.807, 2.05) is 13.0 Å². The number of phenolic OH excluding ortho intramolecular Hbond substituents is 1. The van der Waals surface area contributed by atoms with Crippen molar-refractivity contribution in [2.75, 3.05) is 6.61 Å². The first-order chi connectivity index (χ1) is 5.72. The van der Waals surface area contributed by atoms with Crippen molar-refractivity contribution in [3.05, 3.63) is 23.8 Å². The Balaban J connectivity index is 2.80. The Morgan fingerprint density at radius 3 is 2.83 bits per heavy atom. The smallest absolute Gasteiger partial charge is 0.174 e. The summed E-state index contributed by atoms with van der Waals surface area (Å²) in [5, 5.41) is 17.4. The molecule has 0 amide bonds. The molecule has 0 bridgehead atoms. The number of phenols is 1. The van der Waals surface area contributed by atoms with Crippen LogP contribution in [-0.2, 0) is 0 Å². The number of rotatable bonds is 2. The molecule has 0 unspecified atom stereocenters. The molecular formula is C9H9NO2. The first-order valence-electron chi connectivity index (χ1n) is 3.53. The topological polar surface area (TPSA) is 53.2 Å². The van der Waals surface area contributed by atoms with Gasteiger partial charge < -0.3 is 9.84 Å². The van der Waals surface area contributed by atoms with Crippen LogP contribution in [0.2, 0.25) is 0 Å². The zero-order chi connectivity index (χ0) is 8.97. The minimum absolute atomic E-state index is 0.00287. The number of ether oxygens (including phenoxy) is 1. The minimum Gasteiger partial charge on any atom is -0.508 e. The lowest BCUT2D eigenvalue weighted by Crippen LogP contribution is -1.93. The van der Waals surface area contributed by atoms with E-state index < -0.39 is 0 Å². The Kier molecular flexibility index (Phi) is 2.54. The monoisotopic (exact) mass is 163 g/mol. The normalized spacial score (nSPS) is 9.00. The molecule has 0 heterocycles. The second-order valence-electron chi connectivity index (χ2n) is 2.45. The molecule has 12 heavy (non-hydrogen) atoms. The van der Waals surface area contributed by atoms with Crippen LogP contribution >= 0.6 is 0 Å². The Bertz CT molecular complexity index is 295. The lowest BCUT2D eigenvalue weighted by Gasteiger charge is -2.02. The van der Waals surface area contributed by atoms with Crippen LogP contribution in [-0.4, -0.2) is 11.7 Å². The fourth-order valence-electron chi connectivity index (χ4n) is 0.927. The summed E-state index contributed by atoms with van der Waals surface area (Å²) in [6.45, 7) is 1.85. The van der Waals surface area contributed by atoms with E-state index in [-0.39, 0.29) is 12.4 Å². The fraction of sp³-hybridized carbons (Fsp3) is 0.222. The van der Waals surface area contributed by atoms with Gasteiger partial charge in [0.05, 0.1) is 0 Å². The number of aromatic hydroxyl groups is 1. The zero-order valence-electron chi connectivity index (χ0n) is 6.74. The van der Waals surface area contributed by atoms with Gasteiger partial charge in [-0.05, 0) is 24.6 Å². The Labute approximate surface area is 70.8 Å². The van der Waals surface area contributed by atoms with Crippen molar-refractivity contribution in [1.82, 2.24) is 0 Å². The number of hydrogen-bond acceptors (Lipinski definition) is 3. The Hall–Kier alpha value is -1.69. The van der Waals surface area contributed by atoms with Gasteiger partial charge in [-0.15, -0.1) is 0 Å². The molecule has 0 aromatic heterocycles. The number of nitrogens with zero attached hydrogens (tertiary/aromatic N) is 1. The summed E-state index contributed by atoms with van der Waals surface area (Å²) in [6, 6.07) is 6.71. The Morgan fingerprint density at radius 1 is 1.50 bits per heavy atom. The molecule has 0 atom stereocenters. The van der Waals surface area contributed by atoms with E-state index in [4.69, 9.17) is 15.1 Å². The number of nitriles is 1. The summed E-state index contributed by atoms with van der Waals surface area (Å²) in [7, 11) is 0. The van der Waals surface area contributed by atoms with Gasteiger partial charge in [-0.1, -0.05) is 0 Å². The molecule has 1 rings (SSSR count). The van der Waals surface area contributed by atoms with Gasteiger partial charge in [0.15, 0.2) is 6.61 Å². The van der Waals surface area contributed by atoms with E-state index in [1.165, 1.54) is 6.07 Å². The van der Waals surface area contributed by atoms with E-state index >= 15 is 0 Å². The third-order valence-electron chi connectivity index (χ3n) is 1.34. The predicted octanol–water partition coefficient (Wildman–Crippen LogP) is 1.60. The summed E-state index contributed by atoms with van der Waals surface area (Å²) >= 11 is 0. The van der Waals surface area contributed by atoms with Crippen molar-refractivity contribution in [3.63, 3.8) is 0 Å². The van der Waals surface area contributed by atoms with E-state index in [0.29, 0.717) is 5.75 Å². The van der Waals surface area contributed by atoms with Gasteiger partial charge in [0.25, 0.3) is 0 Å². The molecule has 1 aromatic rings. The highest BCUT2D eigenvalue weighted by atomic mass is 16.5. The van der Waals surface area contributed by atoms with Crippen molar-refractivity contribution < 1.29 is 9.84 Å². The molecule has 0 aliphatic heterocycles. The third kappa shape index (κ3) is 2.17.